The first-order chi connectivity index (χ1) is 7.59. The van der Waals surface area contributed by atoms with E-state index < -0.39 is 5.97 Å². The van der Waals surface area contributed by atoms with Gasteiger partial charge in [0.15, 0.2) is 0 Å². The molecule has 2 rings (SSSR count). The smallest absolute Gasteiger partial charge is 0.339 e. The molecule has 0 saturated carbocycles. The topological polar surface area (TPSA) is 53.4 Å². The number of rotatable bonds is 2. The Hall–Kier alpha value is -1.58. The lowest BCUT2D eigenvalue weighted by Crippen LogP contribution is -2.29. The Labute approximate surface area is 94.9 Å². The number of carboxylic acid groups (broad SMARTS) is 1. The van der Waals surface area contributed by atoms with Gasteiger partial charge in [0, 0.05) is 18.8 Å². The van der Waals surface area contributed by atoms with Crippen molar-refractivity contribution in [3.05, 3.63) is 23.9 Å². The Balaban J connectivity index is 2.36. The Morgan fingerprint density at radius 3 is 2.88 bits per heavy atom. The Morgan fingerprint density at radius 1 is 1.56 bits per heavy atom. The van der Waals surface area contributed by atoms with E-state index in [-0.39, 0.29) is 0 Å². The molecule has 86 valence electrons. The standard InChI is InChI=1S/C12H16N2O2/c1-8-6-9(2)14(7-8)11-10(12(15)16)4-3-5-13-11/h3-5,8-9H,6-7H2,1-2H3,(H,15,16)/t8-,9-/m1/s1. The predicted molar refractivity (Wildman–Crippen MR) is 61.8 cm³/mol. The molecule has 0 bridgehead atoms. The van der Waals surface area contributed by atoms with Crippen LogP contribution in [0.4, 0.5) is 5.82 Å². The van der Waals surface area contributed by atoms with Crippen LogP contribution in [0.15, 0.2) is 18.3 Å². The summed E-state index contributed by atoms with van der Waals surface area (Å²) in [6, 6.07) is 3.64. The van der Waals surface area contributed by atoms with Crippen molar-refractivity contribution in [2.75, 3.05) is 11.4 Å². The fraction of sp³-hybridized carbons (Fsp3) is 0.500. The summed E-state index contributed by atoms with van der Waals surface area (Å²) in [6.07, 6.45) is 2.74. The van der Waals surface area contributed by atoms with Crippen LogP contribution in [0.25, 0.3) is 0 Å². The lowest BCUT2D eigenvalue weighted by atomic mass is 10.1. The second-order valence-corrected chi connectivity index (χ2v) is 4.52. The molecule has 2 atom stereocenters. The van der Waals surface area contributed by atoms with Gasteiger partial charge in [-0.05, 0) is 31.4 Å². The van der Waals surface area contributed by atoms with Crippen LogP contribution in [0.1, 0.15) is 30.6 Å². The number of hydrogen-bond acceptors (Lipinski definition) is 3. The van der Waals surface area contributed by atoms with Crippen molar-refractivity contribution < 1.29 is 9.90 Å². The maximum Gasteiger partial charge on any atom is 0.339 e. The zero-order valence-electron chi connectivity index (χ0n) is 9.55. The molecule has 0 aromatic carbocycles. The highest BCUT2D eigenvalue weighted by atomic mass is 16.4. The first-order valence-corrected chi connectivity index (χ1v) is 5.54. The molecule has 1 N–H and O–H groups in total. The molecule has 4 heteroatoms. The van der Waals surface area contributed by atoms with Crippen LogP contribution < -0.4 is 4.90 Å². The normalized spacial score (nSPS) is 24.8. The van der Waals surface area contributed by atoms with E-state index in [1.54, 1.807) is 18.3 Å². The first kappa shape index (κ1) is 10.9. The molecule has 4 nitrogen and oxygen atoms in total. The fourth-order valence-corrected chi connectivity index (χ4v) is 2.39. The lowest BCUT2D eigenvalue weighted by molar-refractivity contribution is 0.0697. The number of aromatic carboxylic acids is 1. The van der Waals surface area contributed by atoms with Gasteiger partial charge in [0.25, 0.3) is 0 Å². The predicted octanol–water partition coefficient (Wildman–Crippen LogP) is 2.01. The van der Waals surface area contributed by atoms with Gasteiger partial charge in [-0.1, -0.05) is 6.92 Å². The molecule has 1 aromatic heterocycles. The molecule has 1 aromatic rings. The number of anilines is 1. The quantitative estimate of drug-likeness (QED) is 0.828. The molecule has 1 aliphatic rings. The van der Waals surface area contributed by atoms with Gasteiger partial charge in [0.2, 0.25) is 0 Å². The summed E-state index contributed by atoms with van der Waals surface area (Å²) in [5.41, 5.74) is 0.295. The van der Waals surface area contributed by atoms with E-state index in [4.69, 9.17) is 5.11 Å². The number of pyridine rings is 1. The third-order valence-electron chi connectivity index (χ3n) is 3.07. The summed E-state index contributed by atoms with van der Waals surface area (Å²) in [5.74, 6) is 0.292. The van der Waals surface area contributed by atoms with Gasteiger partial charge in [-0.2, -0.15) is 0 Å². The highest BCUT2D eigenvalue weighted by Crippen LogP contribution is 2.29. The van der Waals surface area contributed by atoms with Gasteiger partial charge in [-0.15, -0.1) is 0 Å². The summed E-state index contributed by atoms with van der Waals surface area (Å²) in [6.45, 7) is 5.18. The van der Waals surface area contributed by atoms with Crippen LogP contribution in [0, 0.1) is 5.92 Å². The van der Waals surface area contributed by atoms with Crippen molar-refractivity contribution in [1.82, 2.24) is 4.98 Å². The van der Waals surface area contributed by atoms with Crippen molar-refractivity contribution in [3.63, 3.8) is 0 Å². The zero-order valence-corrected chi connectivity index (χ0v) is 9.55. The van der Waals surface area contributed by atoms with E-state index in [0.717, 1.165) is 13.0 Å². The molecule has 0 aliphatic carbocycles. The molecule has 0 amide bonds. The fourth-order valence-electron chi connectivity index (χ4n) is 2.39. The van der Waals surface area contributed by atoms with Crippen LogP contribution in [0.2, 0.25) is 0 Å². The molecule has 1 fully saturated rings. The Kier molecular flexibility index (Phi) is 2.81. The highest BCUT2D eigenvalue weighted by Gasteiger charge is 2.29. The van der Waals surface area contributed by atoms with Gasteiger partial charge in [-0.3, -0.25) is 0 Å². The molecule has 16 heavy (non-hydrogen) atoms. The summed E-state index contributed by atoms with van der Waals surface area (Å²) in [4.78, 5) is 17.4. The second-order valence-electron chi connectivity index (χ2n) is 4.52. The summed E-state index contributed by atoms with van der Waals surface area (Å²) in [5, 5.41) is 9.11. The van der Waals surface area contributed by atoms with Crippen molar-refractivity contribution in [2.24, 2.45) is 5.92 Å². The van der Waals surface area contributed by atoms with Crippen molar-refractivity contribution in [3.8, 4) is 0 Å². The SMILES string of the molecule is C[C@@H]1C[C@@H](C)N(c2ncccc2C(=O)O)C1. The maximum atomic E-state index is 11.1. The summed E-state index contributed by atoms with van der Waals surface area (Å²) in [7, 11) is 0. The zero-order chi connectivity index (χ0) is 11.7. The van der Waals surface area contributed by atoms with E-state index in [2.05, 4.69) is 23.7 Å². The molecule has 1 saturated heterocycles. The highest BCUT2D eigenvalue weighted by molar-refractivity contribution is 5.93. The molecule has 0 radical (unpaired) electrons. The second kappa shape index (κ2) is 4.12. The maximum absolute atomic E-state index is 11.1. The molecule has 0 unspecified atom stereocenters. The van der Waals surface area contributed by atoms with Crippen LogP contribution in [0.3, 0.4) is 0 Å². The van der Waals surface area contributed by atoms with Crippen LogP contribution in [-0.2, 0) is 0 Å². The van der Waals surface area contributed by atoms with Gasteiger partial charge in [0.05, 0.1) is 0 Å². The summed E-state index contributed by atoms with van der Waals surface area (Å²) >= 11 is 0. The lowest BCUT2D eigenvalue weighted by Gasteiger charge is -2.23. The van der Waals surface area contributed by atoms with E-state index in [1.807, 2.05) is 0 Å². The van der Waals surface area contributed by atoms with Gasteiger partial charge in [-0.25, -0.2) is 9.78 Å². The van der Waals surface area contributed by atoms with Crippen LogP contribution in [0.5, 0.6) is 0 Å². The average molecular weight is 220 g/mol. The van der Waals surface area contributed by atoms with Gasteiger partial charge in [0.1, 0.15) is 11.4 Å². The largest absolute Gasteiger partial charge is 0.478 e. The van der Waals surface area contributed by atoms with Crippen molar-refractivity contribution in [1.29, 1.82) is 0 Å². The molecule has 2 heterocycles. The minimum absolute atomic E-state index is 0.295. The van der Waals surface area contributed by atoms with Crippen LogP contribution in [-0.4, -0.2) is 28.6 Å². The summed E-state index contributed by atoms with van der Waals surface area (Å²) < 4.78 is 0. The van der Waals surface area contributed by atoms with E-state index >= 15 is 0 Å². The average Bonchev–Trinajstić information content (AvgIpc) is 2.57. The van der Waals surface area contributed by atoms with Crippen molar-refractivity contribution in [2.45, 2.75) is 26.3 Å². The Bertz CT molecular complexity index is 406. The molecule has 1 aliphatic heterocycles. The Morgan fingerprint density at radius 2 is 2.31 bits per heavy atom. The molecular weight excluding hydrogens is 204 g/mol. The number of aromatic nitrogens is 1. The minimum Gasteiger partial charge on any atom is -0.478 e. The first-order valence-electron chi connectivity index (χ1n) is 5.54. The van der Waals surface area contributed by atoms with Gasteiger partial charge < -0.3 is 10.0 Å². The molecule has 0 spiro atoms. The minimum atomic E-state index is -0.908. The van der Waals surface area contributed by atoms with E-state index in [9.17, 15) is 4.79 Å². The third-order valence-corrected chi connectivity index (χ3v) is 3.07. The number of carbonyl (C=O) groups is 1. The van der Waals surface area contributed by atoms with E-state index in [0.29, 0.717) is 23.3 Å². The van der Waals surface area contributed by atoms with Crippen LogP contribution >= 0.6 is 0 Å². The third kappa shape index (κ3) is 1.87. The molecular formula is C12H16N2O2. The van der Waals surface area contributed by atoms with Crippen molar-refractivity contribution >= 4 is 11.8 Å². The number of carboxylic acids is 1. The number of hydrogen-bond donors (Lipinski definition) is 1. The van der Waals surface area contributed by atoms with Gasteiger partial charge >= 0.3 is 5.97 Å². The van der Waals surface area contributed by atoms with E-state index in [1.165, 1.54) is 0 Å². The number of nitrogens with zero attached hydrogens (tertiary/aromatic N) is 2. The monoisotopic (exact) mass is 220 g/mol.